The Kier molecular flexibility index (Phi) is 5.95. The number of nitrogens with zero attached hydrogens (tertiary/aromatic N) is 1. The largest absolute Gasteiger partial charge is 0.336 e. The molecule has 1 aliphatic rings. The lowest BCUT2D eigenvalue weighted by Crippen LogP contribution is -2.41. The van der Waals surface area contributed by atoms with E-state index in [0.29, 0.717) is 17.3 Å². The molecule has 0 spiro atoms. The van der Waals surface area contributed by atoms with Crippen molar-refractivity contribution in [3.63, 3.8) is 0 Å². The molecular formula is C22H22ClN3OS. The van der Waals surface area contributed by atoms with E-state index in [4.69, 9.17) is 11.6 Å². The number of nitrogens with one attached hydrogen (secondary N) is 2. The number of rotatable bonds is 5. The number of thiophene rings is 1. The van der Waals surface area contributed by atoms with Crippen LogP contribution in [0.1, 0.15) is 22.0 Å². The fourth-order valence-corrected chi connectivity index (χ4v) is 4.66. The van der Waals surface area contributed by atoms with Crippen molar-refractivity contribution >= 4 is 34.7 Å². The molecule has 3 aromatic rings. The maximum Gasteiger partial charge on any atom is 0.319 e. The molecule has 0 saturated carbocycles. The van der Waals surface area contributed by atoms with Crippen molar-refractivity contribution in [2.75, 3.05) is 18.4 Å². The Bertz CT molecular complexity index is 944. The molecule has 2 aromatic carbocycles. The van der Waals surface area contributed by atoms with E-state index in [0.717, 1.165) is 19.5 Å². The summed E-state index contributed by atoms with van der Waals surface area (Å²) < 4.78 is 0. The Morgan fingerprint density at radius 2 is 1.96 bits per heavy atom. The number of benzene rings is 2. The van der Waals surface area contributed by atoms with Crippen molar-refractivity contribution < 1.29 is 4.79 Å². The molecule has 2 amide bonds. The molecule has 4 nitrogen and oxygen atoms in total. The lowest BCUT2D eigenvalue weighted by atomic mass is 9.98. The Morgan fingerprint density at radius 3 is 2.75 bits per heavy atom. The molecule has 0 unspecified atom stereocenters. The van der Waals surface area contributed by atoms with Crippen molar-refractivity contribution in [3.05, 3.63) is 87.1 Å². The fourth-order valence-electron chi connectivity index (χ4n) is 3.60. The van der Waals surface area contributed by atoms with Crippen LogP contribution < -0.4 is 10.6 Å². The summed E-state index contributed by atoms with van der Waals surface area (Å²) in [5, 5.41) is 8.57. The second-order valence-electron chi connectivity index (χ2n) is 6.87. The average Bonchev–Trinajstić information content (AvgIpc) is 3.22. The van der Waals surface area contributed by atoms with Gasteiger partial charge < -0.3 is 10.6 Å². The van der Waals surface area contributed by atoms with E-state index >= 15 is 0 Å². The third kappa shape index (κ3) is 4.55. The molecule has 28 heavy (non-hydrogen) atoms. The normalized spacial score (nSPS) is 14.9. The number of hydrogen-bond acceptors (Lipinski definition) is 3. The Morgan fingerprint density at radius 1 is 1.11 bits per heavy atom. The quantitative estimate of drug-likeness (QED) is 0.596. The first-order valence-electron chi connectivity index (χ1n) is 9.34. The van der Waals surface area contributed by atoms with Crippen molar-refractivity contribution in [1.29, 1.82) is 0 Å². The van der Waals surface area contributed by atoms with E-state index in [-0.39, 0.29) is 12.1 Å². The molecule has 0 fully saturated rings. The molecule has 1 aliphatic heterocycles. The van der Waals surface area contributed by atoms with Gasteiger partial charge in [-0.25, -0.2) is 4.79 Å². The molecule has 4 rings (SSSR count). The van der Waals surface area contributed by atoms with Gasteiger partial charge in [-0.05, 0) is 47.2 Å². The van der Waals surface area contributed by atoms with Crippen molar-refractivity contribution in [2.45, 2.75) is 19.0 Å². The van der Waals surface area contributed by atoms with Gasteiger partial charge in [-0.3, -0.25) is 4.90 Å². The zero-order valence-corrected chi connectivity index (χ0v) is 17.0. The van der Waals surface area contributed by atoms with E-state index in [2.05, 4.69) is 57.3 Å². The van der Waals surface area contributed by atoms with E-state index < -0.39 is 0 Å². The standard InChI is InChI=1S/C22H22ClN3OS/c23-18-7-3-8-19(13-18)25-22(27)24-14-20(21-9-4-12-28-21)26-11-10-16-5-1-2-6-17(16)15-26/h1-9,12-13,20H,10-11,14-15H2,(H2,24,25,27)/t20-/m1/s1. The van der Waals surface area contributed by atoms with Gasteiger partial charge in [-0.1, -0.05) is 48.0 Å². The highest BCUT2D eigenvalue weighted by atomic mass is 35.5. The molecule has 6 heteroatoms. The number of halogens is 1. The third-order valence-corrected chi connectivity index (χ3v) is 6.22. The lowest BCUT2D eigenvalue weighted by Gasteiger charge is -2.35. The van der Waals surface area contributed by atoms with Crippen LogP contribution in [0, 0.1) is 0 Å². The van der Waals surface area contributed by atoms with Gasteiger partial charge in [0.25, 0.3) is 0 Å². The van der Waals surface area contributed by atoms with Gasteiger partial charge >= 0.3 is 6.03 Å². The number of carbonyl (C=O) groups excluding carboxylic acids is 1. The maximum absolute atomic E-state index is 12.4. The molecule has 0 aliphatic carbocycles. The van der Waals surface area contributed by atoms with Crippen LogP contribution in [0.2, 0.25) is 5.02 Å². The highest BCUT2D eigenvalue weighted by molar-refractivity contribution is 7.10. The van der Waals surface area contributed by atoms with Gasteiger partial charge in [0.2, 0.25) is 0 Å². The summed E-state index contributed by atoms with van der Waals surface area (Å²) in [5.74, 6) is 0. The molecule has 1 atom stereocenters. The van der Waals surface area contributed by atoms with E-state index in [1.165, 1.54) is 16.0 Å². The van der Waals surface area contributed by atoms with Crippen LogP contribution in [0.3, 0.4) is 0 Å². The summed E-state index contributed by atoms with van der Waals surface area (Å²) in [5.41, 5.74) is 3.48. The second-order valence-corrected chi connectivity index (χ2v) is 8.28. The highest BCUT2D eigenvalue weighted by Gasteiger charge is 2.25. The monoisotopic (exact) mass is 411 g/mol. The highest BCUT2D eigenvalue weighted by Crippen LogP contribution is 2.30. The summed E-state index contributed by atoms with van der Waals surface area (Å²) in [7, 11) is 0. The minimum absolute atomic E-state index is 0.151. The van der Waals surface area contributed by atoms with E-state index in [1.54, 1.807) is 23.5 Å². The van der Waals surface area contributed by atoms with Crippen molar-refractivity contribution in [1.82, 2.24) is 10.2 Å². The minimum Gasteiger partial charge on any atom is -0.336 e. The van der Waals surface area contributed by atoms with Gasteiger partial charge in [-0.2, -0.15) is 0 Å². The lowest BCUT2D eigenvalue weighted by molar-refractivity contribution is 0.178. The van der Waals surface area contributed by atoms with Crippen molar-refractivity contribution in [2.24, 2.45) is 0 Å². The number of amides is 2. The topological polar surface area (TPSA) is 44.4 Å². The molecule has 1 aromatic heterocycles. The fraction of sp³-hybridized carbons (Fsp3) is 0.227. The van der Waals surface area contributed by atoms with Gasteiger partial charge in [0.05, 0.1) is 6.04 Å². The van der Waals surface area contributed by atoms with Gasteiger partial charge in [0.1, 0.15) is 0 Å². The second kappa shape index (κ2) is 8.78. The Balaban J connectivity index is 1.43. The van der Waals surface area contributed by atoms with Crippen LogP contribution in [0.25, 0.3) is 0 Å². The van der Waals surface area contributed by atoms with Crippen LogP contribution in [0.4, 0.5) is 10.5 Å². The van der Waals surface area contributed by atoms with Gasteiger partial charge in [-0.15, -0.1) is 11.3 Å². The number of fused-ring (bicyclic) bond motifs is 1. The SMILES string of the molecule is O=C(NC[C@H](c1cccs1)N1CCc2ccccc2C1)Nc1cccc(Cl)c1. The summed E-state index contributed by atoms with van der Waals surface area (Å²) in [6.45, 7) is 2.43. The average molecular weight is 412 g/mol. The number of carbonyl (C=O) groups is 1. The summed E-state index contributed by atoms with van der Waals surface area (Å²) in [4.78, 5) is 16.1. The molecule has 2 heterocycles. The summed E-state index contributed by atoms with van der Waals surface area (Å²) >= 11 is 7.72. The van der Waals surface area contributed by atoms with Crippen LogP contribution in [-0.4, -0.2) is 24.0 Å². The third-order valence-electron chi connectivity index (χ3n) is 5.01. The number of hydrogen-bond donors (Lipinski definition) is 2. The molecular weight excluding hydrogens is 390 g/mol. The molecule has 144 valence electrons. The number of urea groups is 1. The molecule has 2 N–H and O–H groups in total. The van der Waals surface area contributed by atoms with Gasteiger partial charge in [0.15, 0.2) is 0 Å². The van der Waals surface area contributed by atoms with E-state index in [9.17, 15) is 4.79 Å². The predicted molar refractivity (Wildman–Crippen MR) is 116 cm³/mol. The smallest absolute Gasteiger partial charge is 0.319 e. The van der Waals surface area contributed by atoms with E-state index in [1.807, 2.05) is 12.1 Å². The van der Waals surface area contributed by atoms with Crippen molar-refractivity contribution in [3.8, 4) is 0 Å². The Labute approximate surface area is 174 Å². The summed E-state index contributed by atoms with van der Waals surface area (Å²) in [6, 6.07) is 19.9. The maximum atomic E-state index is 12.4. The van der Waals surface area contributed by atoms with Crippen LogP contribution in [-0.2, 0) is 13.0 Å². The summed E-state index contributed by atoms with van der Waals surface area (Å²) in [6.07, 6.45) is 1.03. The first-order chi connectivity index (χ1) is 13.7. The molecule has 0 saturated heterocycles. The molecule has 0 bridgehead atoms. The van der Waals surface area contributed by atoms with Crippen LogP contribution in [0.5, 0.6) is 0 Å². The number of anilines is 1. The first-order valence-corrected chi connectivity index (χ1v) is 10.6. The Hall–Kier alpha value is -2.34. The minimum atomic E-state index is -0.221. The zero-order chi connectivity index (χ0) is 19.3. The zero-order valence-electron chi connectivity index (χ0n) is 15.4. The van der Waals surface area contributed by atoms with Crippen LogP contribution in [0.15, 0.2) is 66.0 Å². The predicted octanol–water partition coefficient (Wildman–Crippen LogP) is 5.32. The van der Waals surface area contributed by atoms with Crippen LogP contribution >= 0.6 is 22.9 Å². The van der Waals surface area contributed by atoms with Gasteiger partial charge in [0, 0.05) is 35.2 Å². The molecule has 0 radical (unpaired) electrons. The first kappa shape index (κ1) is 19.0.